The van der Waals surface area contributed by atoms with Crippen LogP contribution >= 0.6 is 0 Å². The Labute approximate surface area is 112 Å². The van der Waals surface area contributed by atoms with Gasteiger partial charge in [-0.15, -0.1) is 0 Å². The number of hydrogen-bond acceptors (Lipinski definition) is 5. The predicted molar refractivity (Wildman–Crippen MR) is 72.3 cm³/mol. The fraction of sp³-hybridized carbons (Fsp3) is 0.615. The summed E-state index contributed by atoms with van der Waals surface area (Å²) in [6.07, 6.45) is 3.27. The second kappa shape index (κ2) is 5.52. The van der Waals surface area contributed by atoms with Crippen LogP contribution in [0, 0.1) is 22.5 Å². The first-order valence-corrected chi connectivity index (χ1v) is 6.41. The molecule has 1 aromatic rings. The summed E-state index contributed by atoms with van der Waals surface area (Å²) in [5.74, 6) is 0.369. The Kier molecular flexibility index (Phi) is 3.99. The Morgan fingerprint density at radius 1 is 1.53 bits per heavy atom. The summed E-state index contributed by atoms with van der Waals surface area (Å²) in [7, 11) is 1.69. The minimum Gasteiger partial charge on any atom is -0.385 e. The van der Waals surface area contributed by atoms with Crippen molar-refractivity contribution >= 4 is 11.5 Å². The number of hydrogen-bond donors (Lipinski definition) is 1. The minimum absolute atomic E-state index is 0.0353. The van der Waals surface area contributed by atoms with Gasteiger partial charge in [-0.05, 0) is 37.7 Å². The van der Waals surface area contributed by atoms with Crippen LogP contribution in [-0.4, -0.2) is 30.2 Å². The minimum atomic E-state index is -0.399. The zero-order chi connectivity index (χ0) is 13.9. The van der Waals surface area contributed by atoms with Crippen LogP contribution in [0.5, 0.6) is 0 Å². The van der Waals surface area contributed by atoms with E-state index in [-0.39, 0.29) is 11.1 Å². The molecular formula is C13H19N3O3. The summed E-state index contributed by atoms with van der Waals surface area (Å²) in [5.41, 5.74) is 1.04. The maximum atomic E-state index is 11.0. The van der Waals surface area contributed by atoms with Crippen LogP contribution in [0.3, 0.4) is 0 Å². The van der Waals surface area contributed by atoms with E-state index < -0.39 is 4.92 Å². The van der Waals surface area contributed by atoms with E-state index in [1.165, 1.54) is 6.07 Å². The summed E-state index contributed by atoms with van der Waals surface area (Å²) in [6.45, 7) is 3.27. The highest BCUT2D eigenvalue weighted by Gasteiger charge is 2.42. The number of nitro groups is 1. The molecule has 104 valence electrons. The highest BCUT2D eigenvalue weighted by atomic mass is 16.6. The van der Waals surface area contributed by atoms with Crippen molar-refractivity contribution in [2.24, 2.45) is 5.41 Å². The molecule has 6 heteroatoms. The molecule has 1 aliphatic carbocycles. The first-order chi connectivity index (χ1) is 9.06. The summed E-state index contributed by atoms with van der Waals surface area (Å²) < 4.78 is 5.10. The highest BCUT2D eigenvalue weighted by Crippen LogP contribution is 2.48. The van der Waals surface area contributed by atoms with E-state index in [9.17, 15) is 10.1 Å². The molecule has 1 heterocycles. The molecule has 0 radical (unpaired) electrons. The molecule has 19 heavy (non-hydrogen) atoms. The Morgan fingerprint density at radius 3 is 2.84 bits per heavy atom. The molecule has 0 bridgehead atoms. The second-order valence-electron chi connectivity index (χ2n) is 5.17. The van der Waals surface area contributed by atoms with Crippen molar-refractivity contribution in [3.05, 3.63) is 27.9 Å². The molecule has 1 aromatic heterocycles. The summed E-state index contributed by atoms with van der Waals surface area (Å²) in [4.78, 5) is 14.8. The van der Waals surface area contributed by atoms with E-state index >= 15 is 0 Å². The quantitative estimate of drug-likeness (QED) is 0.605. The monoisotopic (exact) mass is 265 g/mol. The van der Waals surface area contributed by atoms with Crippen molar-refractivity contribution in [2.45, 2.75) is 26.2 Å². The molecule has 2 rings (SSSR count). The van der Waals surface area contributed by atoms with Crippen molar-refractivity contribution in [3.8, 4) is 0 Å². The van der Waals surface area contributed by atoms with Gasteiger partial charge in [-0.1, -0.05) is 0 Å². The molecule has 0 unspecified atom stereocenters. The van der Waals surface area contributed by atoms with E-state index in [0.29, 0.717) is 12.4 Å². The van der Waals surface area contributed by atoms with Gasteiger partial charge < -0.3 is 10.1 Å². The number of aryl methyl sites for hydroxylation is 1. The molecule has 1 aliphatic rings. The standard InChI is InChI=1S/C13H19N3O3/c1-10-3-4-11(16(17)18)12(15-10)14-9-13(5-6-13)7-8-19-2/h3-4H,5-9H2,1-2H3,(H,14,15). The lowest BCUT2D eigenvalue weighted by Gasteiger charge is -2.16. The highest BCUT2D eigenvalue weighted by molar-refractivity contribution is 5.56. The van der Waals surface area contributed by atoms with Gasteiger partial charge in [0.25, 0.3) is 0 Å². The van der Waals surface area contributed by atoms with Gasteiger partial charge in [0.1, 0.15) is 0 Å². The number of nitrogens with one attached hydrogen (secondary N) is 1. The van der Waals surface area contributed by atoms with Crippen molar-refractivity contribution in [1.82, 2.24) is 4.98 Å². The lowest BCUT2D eigenvalue weighted by Crippen LogP contribution is -2.18. The van der Waals surface area contributed by atoms with Crippen LogP contribution in [-0.2, 0) is 4.74 Å². The van der Waals surface area contributed by atoms with Crippen molar-refractivity contribution in [2.75, 3.05) is 25.6 Å². The van der Waals surface area contributed by atoms with Crippen LogP contribution in [0.4, 0.5) is 11.5 Å². The first-order valence-electron chi connectivity index (χ1n) is 6.41. The molecule has 1 fully saturated rings. The summed E-state index contributed by atoms with van der Waals surface area (Å²) in [5, 5.41) is 14.1. The predicted octanol–water partition coefficient (Wildman–Crippen LogP) is 2.53. The Hall–Kier alpha value is -1.69. The van der Waals surface area contributed by atoms with Crippen LogP contribution in [0.1, 0.15) is 25.0 Å². The molecule has 1 N–H and O–H groups in total. The molecule has 6 nitrogen and oxygen atoms in total. The van der Waals surface area contributed by atoms with E-state index in [0.717, 1.165) is 31.6 Å². The normalized spacial score (nSPS) is 16.1. The third-order valence-corrected chi connectivity index (χ3v) is 3.63. The van der Waals surface area contributed by atoms with Crippen LogP contribution in [0.15, 0.2) is 12.1 Å². The van der Waals surface area contributed by atoms with Crippen LogP contribution < -0.4 is 5.32 Å². The fourth-order valence-corrected chi connectivity index (χ4v) is 2.11. The number of nitrogens with zero attached hydrogens (tertiary/aromatic N) is 2. The van der Waals surface area contributed by atoms with Crippen molar-refractivity contribution < 1.29 is 9.66 Å². The maximum Gasteiger partial charge on any atom is 0.311 e. The van der Waals surface area contributed by atoms with Crippen molar-refractivity contribution in [3.63, 3.8) is 0 Å². The third-order valence-electron chi connectivity index (χ3n) is 3.63. The van der Waals surface area contributed by atoms with E-state index in [1.54, 1.807) is 13.2 Å². The number of aromatic nitrogens is 1. The fourth-order valence-electron chi connectivity index (χ4n) is 2.11. The number of ether oxygens (including phenoxy) is 1. The second-order valence-corrected chi connectivity index (χ2v) is 5.17. The van der Waals surface area contributed by atoms with Gasteiger partial charge >= 0.3 is 5.69 Å². The SMILES string of the molecule is COCCC1(CNc2nc(C)ccc2[N+](=O)[O-])CC1. The molecule has 0 amide bonds. The average molecular weight is 265 g/mol. The van der Waals surface area contributed by atoms with Crippen LogP contribution in [0.2, 0.25) is 0 Å². The first kappa shape index (κ1) is 13.7. The van der Waals surface area contributed by atoms with E-state index in [4.69, 9.17) is 4.74 Å². The van der Waals surface area contributed by atoms with Gasteiger partial charge in [0.05, 0.1) is 4.92 Å². The third kappa shape index (κ3) is 3.41. The summed E-state index contributed by atoms with van der Waals surface area (Å²) in [6, 6.07) is 3.15. The smallest absolute Gasteiger partial charge is 0.311 e. The molecule has 0 aliphatic heterocycles. The Morgan fingerprint density at radius 2 is 2.26 bits per heavy atom. The van der Waals surface area contributed by atoms with Gasteiger partial charge in [0, 0.05) is 32.0 Å². The average Bonchev–Trinajstić information content (AvgIpc) is 3.14. The number of anilines is 1. The largest absolute Gasteiger partial charge is 0.385 e. The zero-order valence-corrected chi connectivity index (χ0v) is 11.3. The molecule has 0 aromatic carbocycles. The number of pyridine rings is 1. The molecule has 1 saturated carbocycles. The number of rotatable bonds is 7. The van der Waals surface area contributed by atoms with Gasteiger partial charge in [-0.25, -0.2) is 4.98 Å². The van der Waals surface area contributed by atoms with E-state index in [2.05, 4.69) is 10.3 Å². The van der Waals surface area contributed by atoms with E-state index in [1.807, 2.05) is 6.92 Å². The van der Waals surface area contributed by atoms with Crippen molar-refractivity contribution in [1.29, 1.82) is 0 Å². The van der Waals surface area contributed by atoms with Gasteiger partial charge in [0.15, 0.2) is 0 Å². The topological polar surface area (TPSA) is 77.3 Å². The lowest BCUT2D eigenvalue weighted by molar-refractivity contribution is -0.384. The Bertz CT molecular complexity index is 472. The zero-order valence-electron chi connectivity index (χ0n) is 11.3. The Balaban J connectivity index is 2.03. The molecular weight excluding hydrogens is 246 g/mol. The molecule has 0 spiro atoms. The van der Waals surface area contributed by atoms with Gasteiger partial charge in [-0.3, -0.25) is 10.1 Å². The summed E-state index contributed by atoms with van der Waals surface area (Å²) >= 11 is 0. The van der Waals surface area contributed by atoms with Gasteiger partial charge in [-0.2, -0.15) is 0 Å². The molecule has 0 atom stereocenters. The van der Waals surface area contributed by atoms with Gasteiger partial charge in [0.2, 0.25) is 5.82 Å². The van der Waals surface area contributed by atoms with Crippen LogP contribution in [0.25, 0.3) is 0 Å². The molecule has 0 saturated heterocycles. The lowest BCUT2D eigenvalue weighted by atomic mass is 10.0. The number of methoxy groups -OCH3 is 1. The maximum absolute atomic E-state index is 11.0.